The van der Waals surface area contributed by atoms with E-state index in [1.807, 2.05) is 71.2 Å². The molecule has 2 aromatic heterocycles. The lowest BCUT2D eigenvalue weighted by Gasteiger charge is -2.34. The van der Waals surface area contributed by atoms with Crippen molar-refractivity contribution < 1.29 is 9.59 Å². The number of aromatic nitrogens is 2. The van der Waals surface area contributed by atoms with Crippen molar-refractivity contribution in [2.24, 2.45) is 0 Å². The molecule has 30 heavy (non-hydrogen) atoms. The molecule has 0 aliphatic heterocycles. The Balaban J connectivity index is 2.23. The van der Waals surface area contributed by atoms with Crippen LogP contribution in [0.3, 0.4) is 0 Å². The average Bonchev–Trinajstić information content (AvgIpc) is 3.32. The molecule has 2 heterocycles. The summed E-state index contributed by atoms with van der Waals surface area (Å²) in [6, 6.07) is 6.91. The predicted octanol–water partition coefficient (Wildman–Crippen LogP) is 4.83. The molecule has 3 aromatic rings. The Hall–Kier alpha value is -2.58. The number of aryl methyl sites for hydroxylation is 2. The van der Waals surface area contributed by atoms with Gasteiger partial charge in [0.05, 0.1) is 0 Å². The van der Waals surface area contributed by atoms with Crippen LogP contribution in [0, 0.1) is 20.8 Å². The Bertz CT molecular complexity index is 1050. The Morgan fingerprint density at radius 2 is 1.83 bits per heavy atom. The lowest BCUT2D eigenvalue weighted by molar-refractivity contribution is -0.123. The van der Waals surface area contributed by atoms with Crippen molar-refractivity contribution in [2.75, 3.05) is 4.90 Å². The fourth-order valence-electron chi connectivity index (χ4n) is 3.20. The van der Waals surface area contributed by atoms with Gasteiger partial charge in [-0.15, -0.1) is 16.4 Å². The van der Waals surface area contributed by atoms with Crippen LogP contribution < -0.4 is 10.2 Å². The lowest BCUT2D eigenvalue weighted by Crippen LogP contribution is -2.49. The third-order valence-electron chi connectivity index (χ3n) is 4.79. The van der Waals surface area contributed by atoms with Gasteiger partial charge in [-0.1, -0.05) is 16.6 Å². The molecule has 0 fully saturated rings. The molecule has 1 aromatic carbocycles. The fourth-order valence-corrected chi connectivity index (χ4v) is 4.64. The van der Waals surface area contributed by atoms with Crippen molar-refractivity contribution in [1.82, 2.24) is 14.9 Å². The molecular formula is C22H26N4O2S2. The van der Waals surface area contributed by atoms with Crippen molar-refractivity contribution in [3.63, 3.8) is 0 Å². The van der Waals surface area contributed by atoms with E-state index < -0.39 is 11.6 Å². The normalized spacial score (nSPS) is 12.5. The Labute approximate surface area is 185 Å². The summed E-state index contributed by atoms with van der Waals surface area (Å²) in [6.45, 7) is 11.7. The molecule has 2 amide bonds. The maximum atomic E-state index is 13.6. The van der Waals surface area contributed by atoms with Gasteiger partial charge >= 0.3 is 0 Å². The Morgan fingerprint density at radius 1 is 1.10 bits per heavy atom. The highest BCUT2D eigenvalue weighted by atomic mass is 32.1. The SMILES string of the molecule is Cc1ccsc1[C@@H](C(=O)NC(C)(C)C)N(C(=O)c1csnn1)c1cccc(C)c1C. The van der Waals surface area contributed by atoms with Crippen LogP contribution >= 0.6 is 22.9 Å². The summed E-state index contributed by atoms with van der Waals surface area (Å²) < 4.78 is 3.85. The molecule has 6 nitrogen and oxygen atoms in total. The number of nitrogens with one attached hydrogen (secondary N) is 1. The molecule has 0 saturated carbocycles. The van der Waals surface area contributed by atoms with Crippen LogP contribution in [0.1, 0.15) is 58.9 Å². The second kappa shape index (κ2) is 8.65. The van der Waals surface area contributed by atoms with Gasteiger partial charge in [-0.25, -0.2) is 0 Å². The summed E-state index contributed by atoms with van der Waals surface area (Å²) in [4.78, 5) is 29.6. The van der Waals surface area contributed by atoms with E-state index in [4.69, 9.17) is 0 Å². The Kier molecular flexibility index (Phi) is 6.38. The first-order valence-corrected chi connectivity index (χ1v) is 11.3. The van der Waals surface area contributed by atoms with Crippen molar-refractivity contribution in [1.29, 1.82) is 0 Å². The number of rotatable bonds is 5. The molecular weight excluding hydrogens is 416 g/mol. The largest absolute Gasteiger partial charge is 0.349 e. The van der Waals surface area contributed by atoms with E-state index in [1.165, 1.54) is 11.3 Å². The van der Waals surface area contributed by atoms with Gasteiger partial charge in [0.25, 0.3) is 5.91 Å². The first-order chi connectivity index (χ1) is 14.1. The minimum atomic E-state index is -0.820. The topological polar surface area (TPSA) is 75.2 Å². The van der Waals surface area contributed by atoms with Crippen molar-refractivity contribution in [2.45, 2.75) is 53.1 Å². The fraction of sp³-hybridized carbons (Fsp3) is 0.364. The van der Waals surface area contributed by atoms with E-state index in [2.05, 4.69) is 14.9 Å². The number of benzene rings is 1. The highest BCUT2D eigenvalue weighted by molar-refractivity contribution is 7.10. The summed E-state index contributed by atoms with van der Waals surface area (Å²) in [5.74, 6) is -0.579. The second-order valence-electron chi connectivity index (χ2n) is 8.29. The third kappa shape index (κ3) is 4.60. The number of hydrogen-bond donors (Lipinski definition) is 1. The average molecular weight is 443 g/mol. The number of carbonyl (C=O) groups is 2. The molecule has 0 radical (unpaired) electrons. The zero-order valence-corrected chi connectivity index (χ0v) is 19.6. The second-order valence-corrected chi connectivity index (χ2v) is 9.85. The minimum Gasteiger partial charge on any atom is -0.349 e. The van der Waals surface area contributed by atoms with E-state index in [-0.39, 0.29) is 17.5 Å². The number of carbonyl (C=O) groups excluding carboxylic acids is 2. The van der Waals surface area contributed by atoms with Crippen LogP contribution in [0.5, 0.6) is 0 Å². The molecule has 0 saturated heterocycles. The first kappa shape index (κ1) is 22.1. The van der Waals surface area contributed by atoms with Gasteiger partial charge in [-0.3, -0.25) is 14.5 Å². The van der Waals surface area contributed by atoms with E-state index in [9.17, 15) is 9.59 Å². The smallest absolute Gasteiger partial charge is 0.280 e. The Morgan fingerprint density at radius 3 is 2.40 bits per heavy atom. The maximum absolute atomic E-state index is 13.6. The summed E-state index contributed by atoms with van der Waals surface area (Å²) >= 11 is 2.58. The minimum absolute atomic E-state index is 0.226. The zero-order valence-electron chi connectivity index (χ0n) is 18.0. The van der Waals surface area contributed by atoms with Gasteiger partial charge in [0.15, 0.2) is 11.7 Å². The third-order valence-corrected chi connectivity index (χ3v) is 6.36. The summed E-state index contributed by atoms with van der Waals surface area (Å²) in [7, 11) is 0. The number of amides is 2. The standard InChI is InChI=1S/C22H26N4O2S2/c1-13-8-7-9-17(15(13)3)26(21(28)16-12-30-25-24-16)18(19-14(2)10-11-29-19)20(27)23-22(4,5)6/h7-12,18H,1-6H3,(H,23,27)/t18-/m0/s1. The molecule has 1 N–H and O–H groups in total. The molecule has 8 heteroatoms. The molecule has 0 aliphatic rings. The van der Waals surface area contributed by atoms with E-state index in [0.717, 1.165) is 33.1 Å². The number of anilines is 1. The lowest BCUT2D eigenvalue weighted by atomic mass is 10.0. The molecule has 0 aliphatic carbocycles. The van der Waals surface area contributed by atoms with Crippen LogP contribution in [0.4, 0.5) is 5.69 Å². The highest BCUT2D eigenvalue weighted by Crippen LogP contribution is 2.36. The van der Waals surface area contributed by atoms with E-state index in [1.54, 1.807) is 10.3 Å². The van der Waals surface area contributed by atoms with Gasteiger partial charge < -0.3 is 5.32 Å². The van der Waals surface area contributed by atoms with Crippen molar-refractivity contribution in [3.8, 4) is 0 Å². The van der Waals surface area contributed by atoms with E-state index >= 15 is 0 Å². The molecule has 3 rings (SSSR count). The summed E-state index contributed by atoms with van der Waals surface area (Å²) in [6.07, 6.45) is 0. The van der Waals surface area contributed by atoms with Crippen LogP contribution in [0.15, 0.2) is 35.0 Å². The van der Waals surface area contributed by atoms with Gasteiger partial charge in [-0.05, 0) is 87.3 Å². The number of nitrogens with zero attached hydrogens (tertiary/aromatic N) is 3. The van der Waals surface area contributed by atoms with Gasteiger partial charge in [0, 0.05) is 21.5 Å². The van der Waals surface area contributed by atoms with E-state index in [0.29, 0.717) is 5.69 Å². The van der Waals surface area contributed by atoms with Crippen molar-refractivity contribution >= 4 is 40.4 Å². The monoisotopic (exact) mass is 442 g/mol. The molecule has 1 atom stereocenters. The number of hydrogen-bond acceptors (Lipinski definition) is 6. The van der Waals surface area contributed by atoms with Gasteiger partial charge in [-0.2, -0.15) is 0 Å². The molecule has 0 bridgehead atoms. The summed E-state index contributed by atoms with van der Waals surface area (Å²) in [5, 5.41) is 10.6. The zero-order chi connectivity index (χ0) is 22.1. The first-order valence-electron chi connectivity index (χ1n) is 9.63. The number of thiophene rings is 1. The van der Waals surface area contributed by atoms with Gasteiger partial charge in [0.1, 0.15) is 0 Å². The molecule has 0 unspecified atom stereocenters. The van der Waals surface area contributed by atoms with Crippen LogP contribution in [0.25, 0.3) is 0 Å². The van der Waals surface area contributed by atoms with Gasteiger partial charge in [0.2, 0.25) is 5.91 Å². The van der Waals surface area contributed by atoms with Crippen LogP contribution in [-0.4, -0.2) is 26.9 Å². The van der Waals surface area contributed by atoms with Crippen LogP contribution in [0.2, 0.25) is 0 Å². The van der Waals surface area contributed by atoms with Crippen LogP contribution in [-0.2, 0) is 4.79 Å². The summed E-state index contributed by atoms with van der Waals surface area (Å²) in [5.41, 5.74) is 3.42. The molecule has 0 spiro atoms. The maximum Gasteiger partial charge on any atom is 0.280 e. The molecule has 158 valence electrons. The highest BCUT2D eigenvalue weighted by Gasteiger charge is 2.38. The quantitative estimate of drug-likeness (QED) is 0.614. The van der Waals surface area contributed by atoms with Crippen molar-refractivity contribution in [3.05, 3.63) is 62.3 Å². The predicted molar refractivity (Wildman–Crippen MR) is 122 cm³/mol.